The van der Waals surface area contributed by atoms with Crippen LogP contribution in [0.1, 0.15) is 43.5 Å². The van der Waals surface area contributed by atoms with Crippen LogP contribution in [0.15, 0.2) is 42.5 Å². The number of piperidine rings is 1. The number of carboxylic acids is 1. The first-order chi connectivity index (χ1) is 17.5. The number of alkyl halides is 2. The molecule has 2 atom stereocenters. The molecule has 0 bridgehead atoms. The fourth-order valence-electron chi connectivity index (χ4n) is 5.16. The summed E-state index contributed by atoms with van der Waals surface area (Å²) in [6, 6.07) is 9.75. The zero-order valence-corrected chi connectivity index (χ0v) is 21.1. The van der Waals surface area contributed by atoms with Gasteiger partial charge in [-0.05, 0) is 75.0 Å². The van der Waals surface area contributed by atoms with Crippen LogP contribution < -0.4 is 4.74 Å². The van der Waals surface area contributed by atoms with E-state index in [4.69, 9.17) is 4.74 Å². The first-order valence-corrected chi connectivity index (χ1v) is 12.6. The molecule has 0 saturated carbocycles. The molecule has 1 amide bonds. The molecule has 2 aromatic rings. The first kappa shape index (κ1) is 27.0. The third-order valence-electron chi connectivity index (χ3n) is 6.98. The van der Waals surface area contributed by atoms with Gasteiger partial charge in [-0.1, -0.05) is 24.3 Å². The molecule has 0 radical (unpaired) electrons. The topological polar surface area (TPSA) is 70.1 Å². The molecule has 2 aliphatic rings. The predicted octanol–water partition coefficient (Wildman–Crippen LogP) is 4.97. The fraction of sp³-hybridized carbons (Fsp3) is 0.500. The molecule has 2 aliphatic heterocycles. The van der Waals surface area contributed by atoms with Gasteiger partial charge in [-0.3, -0.25) is 4.79 Å². The Balaban J connectivity index is 1.42. The predicted molar refractivity (Wildman–Crippen MR) is 134 cm³/mol. The summed E-state index contributed by atoms with van der Waals surface area (Å²) in [6.45, 7) is 5.42. The van der Waals surface area contributed by atoms with Crippen molar-refractivity contribution in [3.63, 3.8) is 0 Å². The summed E-state index contributed by atoms with van der Waals surface area (Å²) in [5.74, 6) is -1.95. The maximum absolute atomic E-state index is 14.9. The summed E-state index contributed by atoms with van der Waals surface area (Å²) in [5, 5.41) is 9.40. The lowest BCUT2D eigenvalue weighted by atomic mass is 9.96. The Bertz CT molecular complexity index is 1110. The first-order valence-electron chi connectivity index (χ1n) is 12.6. The Kier molecular flexibility index (Phi) is 8.11. The lowest BCUT2D eigenvalue weighted by Gasteiger charge is -2.34. The van der Waals surface area contributed by atoms with E-state index in [-0.39, 0.29) is 18.5 Å². The quantitative estimate of drug-likeness (QED) is 0.535. The summed E-state index contributed by atoms with van der Waals surface area (Å²) < 4.78 is 48.6. The summed E-state index contributed by atoms with van der Waals surface area (Å²) in [4.78, 5) is 27.7. The molecule has 0 unspecified atom stereocenters. The number of ether oxygens (including phenoxy) is 1. The van der Waals surface area contributed by atoms with E-state index in [1.54, 1.807) is 44.2 Å². The second-order valence-corrected chi connectivity index (χ2v) is 10.6. The summed E-state index contributed by atoms with van der Waals surface area (Å²) in [6.07, 6.45) is 0.0657. The van der Waals surface area contributed by atoms with Crippen molar-refractivity contribution in [2.75, 3.05) is 32.8 Å². The molecule has 2 heterocycles. The molecule has 0 spiro atoms. The Hall–Kier alpha value is -3.07. The molecule has 2 saturated heterocycles. The average Bonchev–Trinajstić information content (AvgIpc) is 3.24. The van der Waals surface area contributed by atoms with Gasteiger partial charge in [0.2, 0.25) is 0 Å². The molecule has 37 heavy (non-hydrogen) atoms. The van der Waals surface area contributed by atoms with Gasteiger partial charge in [-0.2, -0.15) is 0 Å². The van der Waals surface area contributed by atoms with Crippen LogP contribution >= 0.6 is 0 Å². The van der Waals surface area contributed by atoms with Crippen LogP contribution in [0, 0.1) is 11.7 Å². The number of benzene rings is 2. The third-order valence-corrected chi connectivity index (χ3v) is 6.98. The van der Waals surface area contributed by atoms with E-state index in [1.807, 2.05) is 0 Å². The van der Waals surface area contributed by atoms with Gasteiger partial charge < -0.3 is 19.6 Å². The molecule has 0 aliphatic carbocycles. The number of nitrogens with zero attached hydrogens (tertiary/aromatic N) is 2. The number of carbonyl (C=O) groups is 2. The minimum atomic E-state index is -1.47. The van der Waals surface area contributed by atoms with Crippen LogP contribution in [-0.4, -0.2) is 77.5 Å². The zero-order valence-electron chi connectivity index (χ0n) is 21.1. The number of aliphatic carboxylic acids is 1. The van der Waals surface area contributed by atoms with Crippen LogP contribution in [0.4, 0.5) is 13.2 Å². The molecule has 9 heteroatoms. The number of rotatable bonds is 8. The summed E-state index contributed by atoms with van der Waals surface area (Å²) in [7, 11) is 0. The van der Waals surface area contributed by atoms with E-state index < -0.39 is 35.6 Å². The monoisotopic (exact) mass is 518 g/mol. The van der Waals surface area contributed by atoms with E-state index in [1.165, 1.54) is 6.07 Å². The Morgan fingerprint density at radius 2 is 1.78 bits per heavy atom. The lowest BCUT2D eigenvalue weighted by molar-refractivity contribution is -0.141. The minimum absolute atomic E-state index is 0.278. The van der Waals surface area contributed by atoms with Crippen molar-refractivity contribution < 1.29 is 32.6 Å². The van der Waals surface area contributed by atoms with Gasteiger partial charge in [0.05, 0.1) is 18.7 Å². The largest absolute Gasteiger partial charge is 0.493 e. The fourth-order valence-corrected chi connectivity index (χ4v) is 5.16. The normalized spacial score (nSPS) is 21.3. The van der Waals surface area contributed by atoms with Crippen molar-refractivity contribution in [1.29, 1.82) is 0 Å². The molecule has 6 nitrogen and oxygen atoms in total. The average molecular weight is 519 g/mol. The van der Waals surface area contributed by atoms with Gasteiger partial charge in [0.25, 0.3) is 5.91 Å². The second kappa shape index (κ2) is 11.1. The van der Waals surface area contributed by atoms with Crippen molar-refractivity contribution in [3.8, 4) is 16.9 Å². The maximum Gasteiger partial charge on any atom is 0.326 e. The zero-order chi connectivity index (χ0) is 26.7. The van der Waals surface area contributed by atoms with Gasteiger partial charge in [0.1, 0.15) is 29.4 Å². The van der Waals surface area contributed by atoms with E-state index in [9.17, 15) is 27.9 Å². The lowest BCUT2D eigenvalue weighted by Crippen LogP contribution is -2.41. The van der Waals surface area contributed by atoms with Gasteiger partial charge in [-0.15, -0.1) is 0 Å². The van der Waals surface area contributed by atoms with E-state index in [2.05, 4.69) is 4.90 Å². The molecule has 200 valence electrons. The standard InChI is InChI=1S/C28H33F3N2O4/c1-28(2,31)17-32-12-10-18(11-13-32)16-37-21-8-6-19(7-9-21)22-4-3-5-23(30)25(22)26(34)33-15-20(29)14-24(33)27(35)36/h3-9,18,20,24H,10-17H2,1-2H3,(H,35,36)/t20-,24-/m0/s1. The highest BCUT2D eigenvalue weighted by Gasteiger charge is 2.41. The molecular weight excluding hydrogens is 485 g/mol. The van der Waals surface area contributed by atoms with Crippen LogP contribution in [0.3, 0.4) is 0 Å². The molecule has 2 fully saturated rings. The van der Waals surface area contributed by atoms with E-state index in [0.717, 1.165) is 36.9 Å². The molecule has 2 aromatic carbocycles. The SMILES string of the molecule is CC(C)(F)CN1CCC(COc2ccc(-c3cccc(F)c3C(=O)N3C[C@@H](F)C[C@H]3C(=O)O)cc2)CC1. The van der Waals surface area contributed by atoms with Crippen molar-refractivity contribution in [1.82, 2.24) is 9.80 Å². The molecule has 1 N–H and O–H groups in total. The van der Waals surface area contributed by atoms with Crippen LogP contribution in [-0.2, 0) is 4.79 Å². The summed E-state index contributed by atoms with van der Waals surface area (Å²) >= 11 is 0. The molecule has 4 rings (SSSR count). The number of hydrogen-bond donors (Lipinski definition) is 1. The van der Waals surface area contributed by atoms with Crippen LogP contribution in [0.5, 0.6) is 5.75 Å². The Morgan fingerprint density at radius 3 is 2.41 bits per heavy atom. The number of carbonyl (C=O) groups excluding carboxylic acids is 1. The van der Waals surface area contributed by atoms with Crippen molar-refractivity contribution in [2.45, 2.75) is 51.0 Å². The van der Waals surface area contributed by atoms with Crippen molar-refractivity contribution in [3.05, 3.63) is 53.8 Å². The smallest absolute Gasteiger partial charge is 0.326 e. The number of hydrogen-bond acceptors (Lipinski definition) is 4. The van der Waals surface area contributed by atoms with Gasteiger partial charge >= 0.3 is 5.97 Å². The highest BCUT2D eigenvalue weighted by atomic mass is 19.1. The second-order valence-electron chi connectivity index (χ2n) is 10.6. The van der Waals surface area contributed by atoms with E-state index in [0.29, 0.717) is 35.9 Å². The maximum atomic E-state index is 14.9. The Labute approximate surface area is 215 Å². The van der Waals surface area contributed by atoms with E-state index >= 15 is 0 Å². The molecule has 0 aromatic heterocycles. The number of likely N-dealkylation sites (tertiary alicyclic amines) is 2. The third kappa shape index (κ3) is 6.63. The number of amides is 1. The summed E-state index contributed by atoms with van der Waals surface area (Å²) in [5.41, 5.74) is -0.634. The minimum Gasteiger partial charge on any atom is -0.493 e. The van der Waals surface area contributed by atoms with Crippen LogP contribution in [0.2, 0.25) is 0 Å². The number of halogens is 3. The van der Waals surface area contributed by atoms with Gasteiger partial charge in [0.15, 0.2) is 0 Å². The molecular formula is C28H33F3N2O4. The van der Waals surface area contributed by atoms with Gasteiger partial charge in [0, 0.05) is 13.0 Å². The van der Waals surface area contributed by atoms with Crippen molar-refractivity contribution in [2.24, 2.45) is 5.92 Å². The highest BCUT2D eigenvalue weighted by Crippen LogP contribution is 2.32. The van der Waals surface area contributed by atoms with Crippen LogP contribution in [0.25, 0.3) is 11.1 Å². The van der Waals surface area contributed by atoms with Crippen molar-refractivity contribution >= 4 is 11.9 Å². The Morgan fingerprint density at radius 1 is 1.11 bits per heavy atom. The van der Waals surface area contributed by atoms with Gasteiger partial charge in [-0.25, -0.2) is 18.0 Å². The highest BCUT2D eigenvalue weighted by molar-refractivity contribution is 6.03. The number of carboxylic acid groups (broad SMARTS) is 1.